The topological polar surface area (TPSA) is 63.8 Å². The van der Waals surface area contributed by atoms with Crippen molar-refractivity contribution >= 4 is 27.4 Å². The predicted molar refractivity (Wildman–Crippen MR) is 97.0 cm³/mol. The molecule has 1 aromatic carbocycles. The number of hydrogen-bond donors (Lipinski definition) is 2. The molecule has 0 aliphatic heterocycles. The summed E-state index contributed by atoms with van der Waals surface area (Å²) < 4.78 is 0. The van der Waals surface area contributed by atoms with Gasteiger partial charge < -0.3 is 11.1 Å². The van der Waals surface area contributed by atoms with Crippen LogP contribution in [0.4, 0.5) is 5.82 Å². The maximum atomic E-state index is 5.62. The van der Waals surface area contributed by atoms with Crippen LogP contribution >= 0.6 is 11.3 Å². The van der Waals surface area contributed by atoms with Crippen LogP contribution in [0.2, 0.25) is 0 Å². The third-order valence-electron chi connectivity index (χ3n) is 4.47. The van der Waals surface area contributed by atoms with Crippen LogP contribution in [0.1, 0.15) is 24.0 Å². The van der Waals surface area contributed by atoms with Crippen LogP contribution < -0.4 is 11.1 Å². The molecule has 23 heavy (non-hydrogen) atoms. The molecular formula is C18H20N4S. The van der Waals surface area contributed by atoms with Crippen LogP contribution in [0.3, 0.4) is 0 Å². The number of benzene rings is 1. The molecule has 3 N–H and O–H groups in total. The summed E-state index contributed by atoms with van der Waals surface area (Å²) in [6.07, 6.45) is 6.64. The summed E-state index contributed by atoms with van der Waals surface area (Å²) in [4.78, 5) is 9.86. The summed E-state index contributed by atoms with van der Waals surface area (Å²) in [6, 6.07) is 6.89. The normalized spacial score (nSPS) is 14.0. The number of anilines is 1. The highest BCUT2D eigenvalue weighted by atomic mass is 32.1. The Morgan fingerprint density at radius 3 is 2.87 bits per heavy atom. The molecular weight excluding hydrogens is 304 g/mol. The van der Waals surface area contributed by atoms with Crippen LogP contribution in [-0.2, 0) is 12.8 Å². The molecule has 0 bridgehead atoms. The van der Waals surface area contributed by atoms with E-state index >= 15 is 0 Å². The van der Waals surface area contributed by atoms with E-state index in [1.54, 1.807) is 17.7 Å². The van der Waals surface area contributed by atoms with Gasteiger partial charge in [-0.05, 0) is 42.4 Å². The molecule has 2 heterocycles. The van der Waals surface area contributed by atoms with E-state index < -0.39 is 0 Å². The smallest absolute Gasteiger partial charge is 0.138 e. The molecule has 4 rings (SSSR count). The Balaban J connectivity index is 1.82. The predicted octanol–water partition coefficient (Wildman–Crippen LogP) is 3.61. The van der Waals surface area contributed by atoms with Crippen molar-refractivity contribution in [3.63, 3.8) is 0 Å². The summed E-state index contributed by atoms with van der Waals surface area (Å²) in [5, 5.41) is 6.63. The molecule has 0 spiro atoms. The van der Waals surface area contributed by atoms with Crippen molar-refractivity contribution in [2.45, 2.75) is 25.7 Å². The molecule has 0 unspecified atom stereocenters. The van der Waals surface area contributed by atoms with Crippen molar-refractivity contribution in [2.75, 3.05) is 18.4 Å². The van der Waals surface area contributed by atoms with E-state index in [1.807, 2.05) is 0 Å². The number of aromatic nitrogens is 2. The zero-order valence-electron chi connectivity index (χ0n) is 13.0. The minimum atomic E-state index is 0.587. The van der Waals surface area contributed by atoms with Crippen LogP contribution in [0.5, 0.6) is 0 Å². The number of nitrogens with one attached hydrogen (secondary N) is 1. The van der Waals surface area contributed by atoms with Crippen molar-refractivity contribution < 1.29 is 0 Å². The summed E-state index contributed by atoms with van der Waals surface area (Å²) in [5.74, 6) is 0.884. The molecule has 2 aromatic heterocycles. The SMILES string of the molecule is NCCNc1ncnc2scc(-c3ccc4c(c3)CCCC4)c12. The van der Waals surface area contributed by atoms with Crippen molar-refractivity contribution in [1.29, 1.82) is 0 Å². The third-order valence-corrected chi connectivity index (χ3v) is 5.35. The molecule has 5 heteroatoms. The number of nitrogens with two attached hydrogens (primary N) is 1. The second kappa shape index (κ2) is 6.26. The fourth-order valence-electron chi connectivity index (χ4n) is 3.31. The average Bonchev–Trinajstić information content (AvgIpc) is 3.04. The van der Waals surface area contributed by atoms with Gasteiger partial charge >= 0.3 is 0 Å². The van der Waals surface area contributed by atoms with Crippen LogP contribution in [0.25, 0.3) is 21.3 Å². The molecule has 0 saturated carbocycles. The summed E-state index contributed by atoms with van der Waals surface area (Å²) >= 11 is 1.67. The van der Waals surface area contributed by atoms with Crippen molar-refractivity contribution in [3.05, 3.63) is 41.0 Å². The van der Waals surface area contributed by atoms with Gasteiger partial charge in [0, 0.05) is 24.0 Å². The van der Waals surface area contributed by atoms with Gasteiger partial charge in [0.1, 0.15) is 17.0 Å². The molecule has 1 aliphatic carbocycles. The minimum Gasteiger partial charge on any atom is -0.368 e. The van der Waals surface area contributed by atoms with Gasteiger partial charge in [-0.25, -0.2) is 9.97 Å². The van der Waals surface area contributed by atoms with E-state index in [2.05, 4.69) is 38.9 Å². The Morgan fingerprint density at radius 1 is 1.13 bits per heavy atom. The molecule has 1 aliphatic rings. The maximum absolute atomic E-state index is 5.62. The standard InChI is InChI=1S/C18H20N4S/c19-7-8-20-17-16-15(10-23-18(16)22-11-21-17)14-6-5-12-3-1-2-4-13(12)9-14/h5-6,9-11H,1-4,7-8,19H2,(H,20,21,22). The van der Waals surface area contributed by atoms with Gasteiger partial charge in [0.2, 0.25) is 0 Å². The minimum absolute atomic E-state index is 0.587. The van der Waals surface area contributed by atoms with E-state index in [-0.39, 0.29) is 0 Å². The number of rotatable bonds is 4. The van der Waals surface area contributed by atoms with Crippen LogP contribution in [0, 0.1) is 0 Å². The quantitative estimate of drug-likeness (QED) is 0.769. The molecule has 0 saturated heterocycles. The highest BCUT2D eigenvalue weighted by Gasteiger charge is 2.15. The van der Waals surface area contributed by atoms with E-state index in [0.29, 0.717) is 13.1 Å². The Bertz CT molecular complexity index is 840. The molecule has 0 amide bonds. The molecule has 118 valence electrons. The number of aryl methyl sites for hydroxylation is 2. The van der Waals surface area contributed by atoms with Gasteiger partial charge in [0.15, 0.2) is 0 Å². The van der Waals surface area contributed by atoms with Crippen LogP contribution in [-0.4, -0.2) is 23.1 Å². The Kier molecular flexibility index (Phi) is 3.97. The van der Waals surface area contributed by atoms with Crippen molar-refractivity contribution in [1.82, 2.24) is 9.97 Å². The summed E-state index contributed by atoms with van der Waals surface area (Å²) in [7, 11) is 0. The van der Waals surface area contributed by atoms with E-state index in [4.69, 9.17) is 5.73 Å². The summed E-state index contributed by atoms with van der Waals surface area (Å²) in [6.45, 7) is 1.30. The second-order valence-electron chi connectivity index (χ2n) is 5.96. The Morgan fingerprint density at radius 2 is 2.00 bits per heavy atom. The lowest BCUT2D eigenvalue weighted by Gasteiger charge is -2.16. The highest BCUT2D eigenvalue weighted by Crippen LogP contribution is 2.37. The lowest BCUT2D eigenvalue weighted by atomic mass is 9.89. The van der Waals surface area contributed by atoms with Gasteiger partial charge in [-0.2, -0.15) is 0 Å². The van der Waals surface area contributed by atoms with Crippen LogP contribution in [0.15, 0.2) is 29.9 Å². The van der Waals surface area contributed by atoms with Gasteiger partial charge in [-0.15, -0.1) is 11.3 Å². The highest BCUT2D eigenvalue weighted by molar-refractivity contribution is 7.17. The van der Waals surface area contributed by atoms with Gasteiger partial charge in [-0.3, -0.25) is 0 Å². The second-order valence-corrected chi connectivity index (χ2v) is 6.82. The number of fused-ring (bicyclic) bond motifs is 2. The van der Waals surface area contributed by atoms with E-state index in [1.165, 1.54) is 47.9 Å². The lowest BCUT2D eigenvalue weighted by molar-refractivity contribution is 0.686. The largest absolute Gasteiger partial charge is 0.368 e. The van der Waals surface area contributed by atoms with E-state index in [0.717, 1.165) is 16.0 Å². The van der Waals surface area contributed by atoms with Gasteiger partial charge in [-0.1, -0.05) is 18.2 Å². The van der Waals surface area contributed by atoms with Crippen molar-refractivity contribution in [2.24, 2.45) is 5.73 Å². The first-order valence-corrected chi connectivity index (χ1v) is 9.03. The molecule has 3 aromatic rings. The third kappa shape index (κ3) is 2.71. The Hall–Kier alpha value is -1.98. The van der Waals surface area contributed by atoms with Crippen molar-refractivity contribution in [3.8, 4) is 11.1 Å². The number of hydrogen-bond acceptors (Lipinski definition) is 5. The first-order valence-electron chi connectivity index (χ1n) is 8.15. The Labute approximate surface area is 139 Å². The fraction of sp³-hybridized carbons (Fsp3) is 0.333. The zero-order valence-corrected chi connectivity index (χ0v) is 13.8. The molecule has 0 radical (unpaired) electrons. The first kappa shape index (κ1) is 14.6. The molecule has 0 atom stereocenters. The molecule has 4 nitrogen and oxygen atoms in total. The monoisotopic (exact) mass is 324 g/mol. The zero-order chi connectivity index (χ0) is 15.6. The lowest BCUT2D eigenvalue weighted by Crippen LogP contribution is -2.14. The molecule has 0 fully saturated rings. The fourth-order valence-corrected chi connectivity index (χ4v) is 4.23. The van der Waals surface area contributed by atoms with E-state index in [9.17, 15) is 0 Å². The average molecular weight is 324 g/mol. The number of nitrogens with zero attached hydrogens (tertiary/aromatic N) is 2. The van der Waals surface area contributed by atoms with Gasteiger partial charge in [0.05, 0.1) is 5.39 Å². The number of thiophene rings is 1. The first-order chi connectivity index (χ1) is 11.4. The van der Waals surface area contributed by atoms with Gasteiger partial charge in [0.25, 0.3) is 0 Å². The maximum Gasteiger partial charge on any atom is 0.138 e. The summed E-state index contributed by atoms with van der Waals surface area (Å²) in [5.41, 5.74) is 11.1.